The predicted octanol–water partition coefficient (Wildman–Crippen LogP) is 4.71. The summed E-state index contributed by atoms with van der Waals surface area (Å²) in [5.74, 6) is 0.723. The summed E-state index contributed by atoms with van der Waals surface area (Å²) >= 11 is 0. The van der Waals surface area contributed by atoms with E-state index in [-0.39, 0.29) is 11.7 Å². The van der Waals surface area contributed by atoms with Crippen LogP contribution in [0.1, 0.15) is 46.6 Å². The first-order chi connectivity index (χ1) is 16.2. The Bertz CT molecular complexity index is 1290. The van der Waals surface area contributed by atoms with Crippen LogP contribution in [0, 0.1) is 0 Å². The van der Waals surface area contributed by atoms with Gasteiger partial charge in [0.15, 0.2) is 0 Å². The summed E-state index contributed by atoms with van der Waals surface area (Å²) in [4.78, 5) is 19.5. The molecule has 1 aliphatic rings. The second-order valence-electron chi connectivity index (χ2n) is 8.00. The maximum absolute atomic E-state index is 13.5. The van der Waals surface area contributed by atoms with E-state index < -0.39 is 6.04 Å². The number of carbonyl (C=O) groups is 1. The van der Waals surface area contributed by atoms with Crippen molar-refractivity contribution in [1.29, 1.82) is 0 Å². The van der Waals surface area contributed by atoms with Crippen molar-refractivity contribution >= 4 is 5.91 Å². The maximum atomic E-state index is 13.5. The fourth-order valence-electron chi connectivity index (χ4n) is 4.27. The molecule has 166 valence electrons. The smallest absolute Gasteiger partial charge is 0.273 e. The summed E-state index contributed by atoms with van der Waals surface area (Å²) in [6.45, 7) is 3.07. The van der Waals surface area contributed by atoms with Crippen LogP contribution in [-0.2, 0) is 6.54 Å². The summed E-state index contributed by atoms with van der Waals surface area (Å²) in [5.41, 5.74) is 4.17. The lowest BCUT2D eigenvalue weighted by atomic mass is 9.95. The van der Waals surface area contributed by atoms with E-state index in [0.29, 0.717) is 30.1 Å². The lowest BCUT2D eigenvalue weighted by Gasteiger charge is -2.26. The number of aromatic nitrogens is 3. The molecule has 33 heavy (non-hydrogen) atoms. The highest BCUT2D eigenvalue weighted by Gasteiger charge is 2.42. The number of aromatic hydroxyl groups is 1. The van der Waals surface area contributed by atoms with Gasteiger partial charge >= 0.3 is 0 Å². The first kappa shape index (κ1) is 20.8. The van der Waals surface area contributed by atoms with Crippen molar-refractivity contribution in [3.05, 3.63) is 95.4 Å². The lowest BCUT2D eigenvalue weighted by Crippen LogP contribution is -2.29. The quantitative estimate of drug-likeness (QED) is 0.434. The number of amides is 1. The average Bonchev–Trinajstić information content (AvgIpc) is 3.38. The van der Waals surface area contributed by atoms with Gasteiger partial charge in [-0.3, -0.25) is 14.9 Å². The number of benzene rings is 2. The number of phenols is 1. The minimum absolute atomic E-state index is 0.115. The highest BCUT2D eigenvalue weighted by atomic mass is 16.5. The average molecular weight is 441 g/mol. The number of hydrogen-bond donors (Lipinski definition) is 2. The zero-order valence-electron chi connectivity index (χ0n) is 18.2. The number of rotatable bonds is 7. The molecule has 1 aliphatic heterocycles. The molecule has 7 nitrogen and oxygen atoms in total. The van der Waals surface area contributed by atoms with Gasteiger partial charge in [-0.2, -0.15) is 5.10 Å². The van der Waals surface area contributed by atoms with Crippen molar-refractivity contribution in [1.82, 2.24) is 20.1 Å². The Hall–Kier alpha value is -4.13. The third-order valence-electron chi connectivity index (χ3n) is 5.75. The summed E-state index contributed by atoms with van der Waals surface area (Å²) < 4.78 is 5.86. The van der Waals surface area contributed by atoms with Crippen molar-refractivity contribution in [2.24, 2.45) is 0 Å². The Balaban J connectivity index is 1.64. The molecular formula is C26H24N4O3. The molecule has 0 radical (unpaired) electrons. The highest BCUT2D eigenvalue weighted by molar-refractivity contribution is 6.00. The van der Waals surface area contributed by atoms with Gasteiger partial charge in [-0.05, 0) is 47.9 Å². The monoisotopic (exact) mass is 440 g/mol. The molecule has 3 heterocycles. The normalized spacial score (nSPS) is 15.0. The molecule has 1 atom stereocenters. The topological polar surface area (TPSA) is 91.3 Å². The fourth-order valence-corrected chi connectivity index (χ4v) is 4.27. The lowest BCUT2D eigenvalue weighted by molar-refractivity contribution is 0.0729. The van der Waals surface area contributed by atoms with Crippen LogP contribution in [0.4, 0.5) is 0 Å². The Morgan fingerprint density at radius 1 is 1.12 bits per heavy atom. The number of para-hydroxylation sites is 1. The number of nitrogens with one attached hydrogen (secondary N) is 1. The van der Waals surface area contributed by atoms with Gasteiger partial charge in [-0.15, -0.1) is 0 Å². The minimum atomic E-state index is -0.397. The molecule has 5 rings (SSSR count). The molecule has 0 saturated heterocycles. The van der Waals surface area contributed by atoms with Crippen LogP contribution in [0.3, 0.4) is 0 Å². The van der Waals surface area contributed by atoms with Crippen LogP contribution < -0.4 is 4.74 Å². The van der Waals surface area contributed by atoms with Crippen LogP contribution in [-0.4, -0.2) is 37.7 Å². The molecule has 2 N–H and O–H groups in total. The van der Waals surface area contributed by atoms with E-state index >= 15 is 0 Å². The molecule has 7 heteroatoms. The standard InChI is InChI=1S/C26H24N4O3/c1-2-13-33-19-9-5-8-18(14-19)25-22-23(20-10-3-4-11-21(20)31)28-29-24(22)26(32)30(25)16-17-7-6-12-27-15-17/h3-12,14-15,25,31H,2,13,16H2,1H3,(H,28,29)/t25-/m0/s1. The van der Waals surface area contributed by atoms with Crippen LogP contribution in [0.5, 0.6) is 11.5 Å². The minimum Gasteiger partial charge on any atom is -0.507 e. The van der Waals surface area contributed by atoms with E-state index in [1.165, 1.54) is 0 Å². The van der Waals surface area contributed by atoms with Gasteiger partial charge in [-0.1, -0.05) is 37.3 Å². The van der Waals surface area contributed by atoms with Gasteiger partial charge in [0.25, 0.3) is 5.91 Å². The number of aromatic amines is 1. The van der Waals surface area contributed by atoms with Gasteiger partial charge in [0.1, 0.15) is 22.9 Å². The predicted molar refractivity (Wildman–Crippen MR) is 124 cm³/mol. The SMILES string of the molecule is CCCOc1cccc([C@H]2c3c(-c4ccccc4O)n[nH]c3C(=O)N2Cc2cccnc2)c1. The van der Waals surface area contributed by atoms with Gasteiger partial charge < -0.3 is 14.7 Å². The second-order valence-corrected chi connectivity index (χ2v) is 8.00. The van der Waals surface area contributed by atoms with Crippen LogP contribution in [0.15, 0.2) is 73.1 Å². The zero-order valence-corrected chi connectivity index (χ0v) is 18.2. The fraction of sp³-hybridized carbons (Fsp3) is 0.192. The molecule has 2 aromatic carbocycles. The molecule has 0 aliphatic carbocycles. The molecule has 0 bridgehead atoms. The van der Waals surface area contributed by atoms with Crippen molar-refractivity contribution < 1.29 is 14.6 Å². The van der Waals surface area contributed by atoms with Gasteiger partial charge in [-0.25, -0.2) is 0 Å². The number of ether oxygens (including phenoxy) is 1. The van der Waals surface area contributed by atoms with Gasteiger partial charge in [0.2, 0.25) is 0 Å². The number of phenolic OH excluding ortho intramolecular Hbond substituents is 1. The number of nitrogens with zero attached hydrogens (tertiary/aromatic N) is 3. The number of hydrogen-bond acceptors (Lipinski definition) is 5. The van der Waals surface area contributed by atoms with E-state index in [0.717, 1.165) is 28.9 Å². The Kier molecular flexibility index (Phi) is 5.52. The molecule has 0 saturated carbocycles. The van der Waals surface area contributed by atoms with E-state index in [9.17, 15) is 9.90 Å². The maximum Gasteiger partial charge on any atom is 0.273 e. The molecule has 0 spiro atoms. The van der Waals surface area contributed by atoms with E-state index in [4.69, 9.17) is 4.74 Å². The van der Waals surface area contributed by atoms with Gasteiger partial charge in [0.05, 0.1) is 12.6 Å². The highest BCUT2D eigenvalue weighted by Crippen LogP contribution is 2.45. The van der Waals surface area contributed by atoms with E-state index in [2.05, 4.69) is 22.1 Å². The Morgan fingerprint density at radius 3 is 2.79 bits per heavy atom. The van der Waals surface area contributed by atoms with Crippen LogP contribution in [0.2, 0.25) is 0 Å². The van der Waals surface area contributed by atoms with Crippen molar-refractivity contribution in [3.8, 4) is 22.8 Å². The number of pyridine rings is 1. The van der Waals surface area contributed by atoms with Gasteiger partial charge in [0, 0.05) is 30.1 Å². The molecule has 0 unspecified atom stereocenters. The molecule has 2 aromatic heterocycles. The first-order valence-corrected chi connectivity index (χ1v) is 11.0. The summed E-state index contributed by atoms with van der Waals surface area (Å²) in [5, 5.41) is 17.9. The first-order valence-electron chi connectivity index (χ1n) is 11.0. The largest absolute Gasteiger partial charge is 0.507 e. The zero-order chi connectivity index (χ0) is 22.8. The summed E-state index contributed by atoms with van der Waals surface area (Å²) in [7, 11) is 0. The third-order valence-corrected chi connectivity index (χ3v) is 5.75. The van der Waals surface area contributed by atoms with Crippen LogP contribution >= 0.6 is 0 Å². The van der Waals surface area contributed by atoms with Crippen LogP contribution in [0.25, 0.3) is 11.3 Å². The van der Waals surface area contributed by atoms with Crippen molar-refractivity contribution in [3.63, 3.8) is 0 Å². The Labute approximate surface area is 191 Å². The molecular weight excluding hydrogens is 416 g/mol. The van der Waals surface area contributed by atoms with Crippen molar-refractivity contribution in [2.75, 3.05) is 6.61 Å². The number of H-pyrrole nitrogens is 1. The third kappa shape index (κ3) is 3.82. The number of fused-ring (bicyclic) bond motifs is 1. The summed E-state index contributed by atoms with van der Waals surface area (Å²) in [6, 6.07) is 18.3. The Morgan fingerprint density at radius 2 is 2.00 bits per heavy atom. The summed E-state index contributed by atoms with van der Waals surface area (Å²) in [6.07, 6.45) is 4.38. The van der Waals surface area contributed by atoms with E-state index in [1.807, 2.05) is 47.4 Å². The van der Waals surface area contributed by atoms with E-state index in [1.54, 1.807) is 30.6 Å². The molecule has 0 fully saturated rings. The van der Waals surface area contributed by atoms with Crippen molar-refractivity contribution in [2.45, 2.75) is 25.9 Å². The molecule has 4 aromatic rings. The second kappa shape index (κ2) is 8.78. The number of carbonyl (C=O) groups excluding carboxylic acids is 1. The molecule has 1 amide bonds.